The van der Waals surface area contributed by atoms with Gasteiger partial charge in [-0.1, -0.05) is 41.9 Å². The molecule has 154 valence electrons. The van der Waals surface area contributed by atoms with Crippen molar-refractivity contribution in [2.24, 2.45) is 0 Å². The fourth-order valence-corrected chi connectivity index (χ4v) is 4.13. The van der Waals surface area contributed by atoms with Gasteiger partial charge in [-0.25, -0.2) is 0 Å². The third kappa shape index (κ3) is 6.62. The molecule has 0 aliphatic carbocycles. The first-order valence-corrected chi connectivity index (χ1v) is 11.3. The van der Waals surface area contributed by atoms with Gasteiger partial charge >= 0.3 is 0 Å². The predicted molar refractivity (Wildman–Crippen MR) is 128 cm³/mol. The van der Waals surface area contributed by atoms with Crippen LogP contribution < -0.4 is 10.6 Å². The van der Waals surface area contributed by atoms with Crippen molar-refractivity contribution in [2.75, 3.05) is 10.6 Å². The van der Waals surface area contributed by atoms with Crippen molar-refractivity contribution in [3.05, 3.63) is 87.9 Å². The summed E-state index contributed by atoms with van der Waals surface area (Å²) in [4.78, 5) is 25.7. The van der Waals surface area contributed by atoms with Gasteiger partial charge in [0.05, 0.1) is 17.4 Å². The number of amides is 2. The Balaban J connectivity index is 1.57. The van der Waals surface area contributed by atoms with Crippen LogP contribution in [0.3, 0.4) is 0 Å². The standard InChI is InChI=1S/C23H20BrClN2O2S/c1-15(23(29)27-21-8-3-2-7-20(21)24)30-19-6-4-5-18(14-19)26-22(28)13-16-9-11-17(25)12-10-16/h2-12,14-15H,13H2,1H3,(H,26,28)(H,27,29). The first kappa shape index (κ1) is 22.4. The van der Waals surface area contributed by atoms with Gasteiger partial charge in [-0.2, -0.15) is 0 Å². The lowest BCUT2D eigenvalue weighted by atomic mass is 10.1. The summed E-state index contributed by atoms with van der Waals surface area (Å²) in [6, 6.07) is 22.2. The highest BCUT2D eigenvalue weighted by molar-refractivity contribution is 9.10. The Bertz CT molecular complexity index is 1040. The molecule has 3 rings (SSSR count). The molecule has 0 saturated heterocycles. The summed E-state index contributed by atoms with van der Waals surface area (Å²) in [5, 5.41) is 6.16. The number of nitrogens with one attached hydrogen (secondary N) is 2. The SMILES string of the molecule is CC(Sc1cccc(NC(=O)Cc2ccc(Cl)cc2)c1)C(=O)Nc1ccccc1Br. The smallest absolute Gasteiger partial charge is 0.237 e. The minimum absolute atomic E-state index is 0.0934. The molecule has 0 spiro atoms. The van der Waals surface area contributed by atoms with E-state index in [9.17, 15) is 9.59 Å². The lowest BCUT2D eigenvalue weighted by molar-refractivity contribution is -0.116. The summed E-state index contributed by atoms with van der Waals surface area (Å²) in [7, 11) is 0. The van der Waals surface area contributed by atoms with Crippen molar-refractivity contribution in [2.45, 2.75) is 23.5 Å². The number of rotatable bonds is 7. The van der Waals surface area contributed by atoms with E-state index >= 15 is 0 Å². The molecular formula is C23H20BrClN2O2S. The van der Waals surface area contributed by atoms with E-state index in [2.05, 4.69) is 26.6 Å². The molecule has 3 aromatic carbocycles. The van der Waals surface area contributed by atoms with Gasteiger partial charge in [0, 0.05) is 20.1 Å². The number of thioether (sulfide) groups is 1. The van der Waals surface area contributed by atoms with Crippen LogP contribution in [0.2, 0.25) is 5.02 Å². The molecule has 0 bridgehead atoms. The Kier molecular flexibility index (Phi) is 7.96. The van der Waals surface area contributed by atoms with E-state index < -0.39 is 0 Å². The van der Waals surface area contributed by atoms with E-state index in [-0.39, 0.29) is 23.5 Å². The number of carbonyl (C=O) groups excluding carboxylic acids is 2. The average molecular weight is 504 g/mol. The summed E-state index contributed by atoms with van der Waals surface area (Å²) in [5.74, 6) is -0.205. The topological polar surface area (TPSA) is 58.2 Å². The highest BCUT2D eigenvalue weighted by atomic mass is 79.9. The number of benzene rings is 3. The fourth-order valence-electron chi connectivity index (χ4n) is 2.69. The van der Waals surface area contributed by atoms with Crippen LogP contribution in [0.25, 0.3) is 0 Å². The largest absolute Gasteiger partial charge is 0.326 e. The van der Waals surface area contributed by atoms with Crippen LogP contribution in [-0.4, -0.2) is 17.1 Å². The van der Waals surface area contributed by atoms with Crippen molar-refractivity contribution < 1.29 is 9.59 Å². The second kappa shape index (κ2) is 10.7. The zero-order chi connectivity index (χ0) is 21.5. The monoisotopic (exact) mass is 502 g/mol. The quantitative estimate of drug-likeness (QED) is 0.367. The summed E-state index contributed by atoms with van der Waals surface area (Å²) >= 11 is 10.7. The van der Waals surface area contributed by atoms with Crippen LogP contribution in [0.15, 0.2) is 82.2 Å². The van der Waals surface area contributed by atoms with E-state index in [0.29, 0.717) is 10.7 Å². The number of hydrogen-bond acceptors (Lipinski definition) is 3. The molecule has 1 unspecified atom stereocenters. The molecule has 2 N–H and O–H groups in total. The third-order valence-corrected chi connectivity index (χ3v) is 6.25. The van der Waals surface area contributed by atoms with Crippen LogP contribution in [0, 0.1) is 0 Å². The first-order chi connectivity index (χ1) is 14.4. The molecule has 0 aliphatic rings. The van der Waals surface area contributed by atoms with Gasteiger partial charge in [0.25, 0.3) is 0 Å². The van der Waals surface area contributed by atoms with E-state index in [1.165, 1.54) is 11.8 Å². The maximum Gasteiger partial charge on any atom is 0.237 e. The van der Waals surface area contributed by atoms with Gasteiger partial charge < -0.3 is 10.6 Å². The van der Waals surface area contributed by atoms with Crippen LogP contribution in [0.5, 0.6) is 0 Å². The van der Waals surface area contributed by atoms with Crippen LogP contribution >= 0.6 is 39.3 Å². The molecule has 2 amide bonds. The van der Waals surface area contributed by atoms with Crippen LogP contribution in [0.1, 0.15) is 12.5 Å². The van der Waals surface area contributed by atoms with Gasteiger partial charge in [0.2, 0.25) is 11.8 Å². The van der Waals surface area contributed by atoms with Crippen molar-refractivity contribution in [3.63, 3.8) is 0 Å². The first-order valence-electron chi connectivity index (χ1n) is 9.27. The highest BCUT2D eigenvalue weighted by Gasteiger charge is 2.16. The highest BCUT2D eigenvalue weighted by Crippen LogP contribution is 2.28. The average Bonchev–Trinajstić information content (AvgIpc) is 2.71. The molecule has 0 saturated carbocycles. The zero-order valence-corrected chi connectivity index (χ0v) is 19.4. The van der Waals surface area contributed by atoms with Gasteiger partial charge in [-0.15, -0.1) is 11.8 Å². The van der Waals surface area contributed by atoms with E-state index in [1.807, 2.05) is 67.6 Å². The minimum atomic E-state index is -0.308. The van der Waals surface area contributed by atoms with Gasteiger partial charge in [0.1, 0.15) is 0 Å². The Morgan fingerprint density at radius 2 is 1.73 bits per heavy atom. The maximum absolute atomic E-state index is 12.5. The molecule has 0 heterocycles. The van der Waals surface area contributed by atoms with Crippen molar-refractivity contribution in [1.82, 2.24) is 0 Å². The molecule has 1 atom stereocenters. The van der Waals surface area contributed by atoms with Crippen LogP contribution in [0.4, 0.5) is 11.4 Å². The number of para-hydroxylation sites is 1. The second-order valence-corrected chi connectivity index (χ2v) is 9.31. The third-order valence-electron chi connectivity index (χ3n) is 4.21. The number of hydrogen-bond donors (Lipinski definition) is 2. The van der Waals surface area contributed by atoms with E-state index in [4.69, 9.17) is 11.6 Å². The Morgan fingerprint density at radius 1 is 1.00 bits per heavy atom. The molecule has 0 fully saturated rings. The summed E-state index contributed by atoms with van der Waals surface area (Å²) < 4.78 is 0.834. The number of anilines is 2. The van der Waals surface area contributed by atoms with Crippen LogP contribution in [-0.2, 0) is 16.0 Å². The summed E-state index contributed by atoms with van der Waals surface area (Å²) in [6.07, 6.45) is 0.263. The lowest BCUT2D eigenvalue weighted by Gasteiger charge is -2.14. The Morgan fingerprint density at radius 3 is 2.47 bits per heavy atom. The van der Waals surface area contributed by atoms with Crippen molar-refractivity contribution >= 4 is 62.5 Å². The van der Waals surface area contributed by atoms with E-state index in [1.54, 1.807) is 12.1 Å². The van der Waals surface area contributed by atoms with Crippen molar-refractivity contribution in [3.8, 4) is 0 Å². The molecule has 0 aliphatic heterocycles. The molecule has 3 aromatic rings. The Hall–Kier alpha value is -2.28. The minimum Gasteiger partial charge on any atom is -0.326 e. The zero-order valence-electron chi connectivity index (χ0n) is 16.2. The molecule has 0 aromatic heterocycles. The van der Waals surface area contributed by atoms with Gasteiger partial charge in [0.15, 0.2) is 0 Å². The molecular weight excluding hydrogens is 484 g/mol. The molecule has 7 heteroatoms. The van der Waals surface area contributed by atoms with Gasteiger partial charge in [-0.05, 0) is 70.9 Å². The summed E-state index contributed by atoms with van der Waals surface area (Å²) in [5.41, 5.74) is 2.32. The molecule has 0 radical (unpaired) electrons. The molecule has 30 heavy (non-hydrogen) atoms. The van der Waals surface area contributed by atoms with Gasteiger partial charge in [-0.3, -0.25) is 9.59 Å². The number of carbonyl (C=O) groups is 2. The lowest BCUT2D eigenvalue weighted by Crippen LogP contribution is -2.22. The fraction of sp³-hybridized carbons (Fsp3) is 0.130. The summed E-state index contributed by atoms with van der Waals surface area (Å²) in [6.45, 7) is 1.85. The molecule has 4 nitrogen and oxygen atoms in total. The normalized spacial score (nSPS) is 11.6. The predicted octanol–water partition coefficient (Wildman–Crippen LogP) is 6.40. The second-order valence-electron chi connectivity index (χ2n) is 6.61. The van der Waals surface area contributed by atoms with Crippen molar-refractivity contribution in [1.29, 1.82) is 0 Å². The maximum atomic E-state index is 12.5. The Labute approximate surface area is 193 Å². The number of halogens is 2. The van der Waals surface area contributed by atoms with E-state index in [0.717, 1.165) is 20.6 Å².